The molecular weight excluding hydrogens is 488 g/mol. The van der Waals surface area contributed by atoms with Crippen LogP contribution in [0.3, 0.4) is 0 Å². The second kappa shape index (κ2) is 12.8. The van der Waals surface area contributed by atoms with Crippen molar-refractivity contribution in [1.82, 2.24) is 9.80 Å². The van der Waals surface area contributed by atoms with Gasteiger partial charge in [-0.2, -0.15) is 0 Å². The minimum absolute atomic E-state index is 0.0930. The van der Waals surface area contributed by atoms with Crippen LogP contribution in [-0.4, -0.2) is 65.7 Å². The lowest BCUT2D eigenvalue weighted by atomic mass is 9.99. The molecule has 7 nitrogen and oxygen atoms in total. The molecule has 7 heteroatoms. The van der Waals surface area contributed by atoms with Crippen LogP contribution in [0.5, 0.6) is 5.75 Å². The lowest BCUT2D eigenvalue weighted by Crippen LogP contribution is -2.49. The summed E-state index contributed by atoms with van der Waals surface area (Å²) in [4.78, 5) is 28.2. The van der Waals surface area contributed by atoms with Gasteiger partial charge in [0.2, 0.25) is 5.91 Å². The molecule has 0 radical (unpaired) electrons. The summed E-state index contributed by atoms with van der Waals surface area (Å²) in [5, 5.41) is 18.6. The Labute approximate surface area is 229 Å². The average Bonchev–Trinajstić information content (AvgIpc) is 2.97. The summed E-state index contributed by atoms with van der Waals surface area (Å²) in [6, 6.07) is 26.7. The SMILES string of the molecule is Cc1cc(C(N)=O)ccc1O.N=Cc1ccc(C(=O)N2CCN(CCc3ccccc3)CC2)c2ccccc12. The molecule has 0 spiro atoms. The molecule has 0 aliphatic carbocycles. The van der Waals surface area contributed by atoms with Crippen molar-refractivity contribution in [3.63, 3.8) is 0 Å². The third kappa shape index (κ3) is 6.89. The van der Waals surface area contributed by atoms with Crippen LogP contribution >= 0.6 is 0 Å². The Morgan fingerprint density at radius 3 is 2.21 bits per heavy atom. The van der Waals surface area contributed by atoms with Crippen LogP contribution in [0.1, 0.15) is 37.4 Å². The van der Waals surface area contributed by atoms with Crippen molar-refractivity contribution >= 4 is 28.8 Å². The van der Waals surface area contributed by atoms with Gasteiger partial charge >= 0.3 is 0 Å². The molecule has 39 heavy (non-hydrogen) atoms. The maximum Gasteiger partial charge on any atom is 0.254 e. The third-order valence-corrected chi connectivity index (χ3v) is 7.04. The summed E-state index contributed by atoms with van der Waals surface area (Å²) in [5.41, 5.74) is 9.02. The van der Waals surface area contributed by atoms with Crippen LogP contribution in [0.25, 0.3) is 10.8 Å². The van der Waals surface area contributed by atoms with Crippen molar-refractivity contribution in [3.05, 3.63) is 113 Å². The summed E-state index contributed by atoms with van der Waals surface area (Å²) in [7, 11) is 0. The number of carbonyl (C=O) groups is 2. The first-order valence-corrected chi connectivity index (χ1v) is 13.0. The highest BCUT2D eigenvalue weighted by Crippen LogP contribution is 2.24. The zero-order valence-electron chi connectivity index (χ0n) is 22.1. The van der Waals surface area contributed by atoms with E-state index in [2.05, 4.69) is 29.2 Å². The van der Waals surface area contributed by atoms with Gasteiger partial charge in [-0.25, -0.2) is 0 Å². The Balaban J connectivity index is 0.000000270. The molecular formula is C32H34N4O3. The maximum atomic E-state index is 13.1. The number of fused-ring (bicyclic) bond motifs is 1. The molecule has 0 unspecified atom stereocenters. The number of benzene rings is 4. The highest BCUT2D eigenvalue weighted by Gasteiger charge is 2.23. The lowest BCUT2D eigenvalue weighted by molar-refractivity contribution is 0.0640. The number of amides is 2. The fourth-order valence-electron chi connectivity index (χ4n) is 4.72. The van der Waals surface area contributed by atoms with Crippen molar-refractivity contribution in [2.75, 3.05) is 32.7 Å². The molecule has 0 bridgehead atoms. The number of aryl methyl sites for hydroxylation is 1. The monoisotopic (exact) mass is 522 g/mol. The first kappa shape index (κ1) is 27.5. The third-order valence-electron chi connectivity index (χ3n) is 7.04. The Morgan fingerprint density at radius 2 is 1.56 bits per heavy atom. The minimum Gasteiger partial charge on any atom is -0.508 e. The van der Waals surface area contributed by atoms with Crippen LogP contribution in [-0.2, 0) is 6.42 Å². The Bertz CT molecular complexity index is 1460. The van der Waals surface area contributed by atoms with Gasteiger partial charge in [0.1, 0.15) is 5.75 Å². The van der Waals surface area contributed by atoms with E-state index in [1.807, 2.05) is 47.4 Å². The molecule has 5 rings (SSSR count). The van der Waals surface area contributed by atoms with E-state index in [9.17, 15) is 9.59 Å². The van der Waals surface area contributed by atoms with Gasteiger partial charge in [-0.1, -0.05) is 60.7 Å². The number of rotatable bonds is 6. The van der Waals surface area contributed by atoms with Crippen LogP contribution in [0.2, 0.25) is 0 Å². The zero-order valence-corrected chi connectivity index (χ0v) is 22.1. The molecule has 4 N–H and O–H groups in total. The zero-order chi connectivity index (χ0) is 27.8. The Hall–Kier alpha value is -4.49. The van der Waals surface area contributed by atoms with Gasteiger partial charge in [0.05, 0.1) is 0 Å². The number of nitrogens with two attached hydrogens (primary N) is 1. The van der Waals surface area contributed by atoms with Crippen molar-refractivity contribution < 1.29 is 14.7 Å². The molecule has 1 aliphatic rings. The van der Waals surface area contributed by atoms with E-state index in [0.29, 0.717) is 11.1 Å². The van der Waals surface area contributed by atoms with Crippen LogP contribution in [0.4, 0.5) is 0 Å². The highest BCUT2D eigenvalue weighted by atomic mass is 16.3. The Kier molecular flexibility index (Phi) is 9.07. The summed E-state index contributed by atoms with van der Waals surface area (Å²) < 4.78 is 0. The van der Waals surface area contributed by atoms with Crippen molar-refractivity contribution in [1.29, 1.82) is 5.41 Å². The number of aromatic hydroxyl groups is 1. The fourth-order valence-corrected chi connectivity index (χ4v) is 4.72. The predicted molar refractivity (Wildman–Crippen MR) is 156 cm³/mol. The standard InChI is InChI=1S/C24H25N3O.C8H9NO2/c25-18-20-10-11-23(22-9-5-4-8-21(20)22)24(28)27-16-14-26(15-17-27)13-12-19-6-2-1-3-7-19;1-5-4-6(8(9)11)2-3-7(5)10/h1-11,18,25H,12-17H2;2-4,10H,1H3,(H2,9,11). The van der Waals surface area contributed by atoms with Crippen molar-refractivity contribution in [2.24, 2.45) is 5.73 Å². The maximum absolute atomic E-state index is 13.1. The molecule has 4 aromatic rings. The largest absolute Gasteiger partial charge is 0.508 e. The molecule has 1 aliphatic heterocycles. The molecule has 4 aromatic carbocycles. The van der Waals surface area contributed by atoms with Gasteiger partial charge in [0.15, 0.2) is 0 Å². The van der Waals surface area contributed by atoms with Gasteiger partial charge < -0.3 is 21.1 Å². The average molecular weight is 523 g/mol. The molecule has 0 atom stereocenters. The second-order valence-electron chi connectivity index (χ2n) is 9.63. The van der Waals surface area contributed by atoms with Crippen LogP contribution in [0, 0.1) is 12.3 Å². The molecule has 0 saturated carbocycles. The van der Waals surface area contributed by atoms with E-state index in [1.165, 1.54) is 23.9 Å². The summed E-state index contributed by atoms with van der Waals surface area (Å²) in [6.07, 6.45) is 2.40. The van der Waals surface area contributed by atoms with Crippen LogP contribution in [0.15, 0.2) is 84.9 Å². The number of piperazine rings is 1. The lowest BCUT2D eigenvalue weighted by Gasteiger charge is -2.35. The van der Waals surface area contributed by atoms with Gasteiger partial charge in [0.25, 0.3) is 5.91 Å². The number of hydrogen-bond donors (Lipinski definition) is 3. The normalized spacial score (nSPS) is 13.4. The first-order valence-electron chi connectivity index (χ1n) is 13.0. The van der Waals surface area contributed by atoms with Gasteiger partial charge in [-0.05, 0) is 65.1 Å². The molecule has 1 saturated heterocycles. The topological polar surface area (TPSA) is 111 Å². The fraction of sp³-hybridized carbons (Fsp3) is 0.219. The van der Waals surface area contributed by atoms with E-state index >= 15 is 0 Å². The minimum atomic E-state index is -0.479. The summed E-state index contributed by atoms with van der Waals surface area (Å²) in [5.74, 6) is -0.210. The molecule has 2 amide bonds. The number of nitrogens with zero attached hydrogens (tertiary/aromatic N) is 2. The molecule has 0 aromatic heterocycles. The molecule has 1 heterocycles. The predicted octanol–water partition coefficient (Wildman–Crippen LogP) is 4.64. The number of hydrogen-bond acceptors (Lipinski definition) is 5. The first-order chi connectivity index (χ1) is 18.9. The quantitative estimate of drug-likeness (QED) is 0.321. The number of phenols is 1. The van der Waals surface area contributed by atoms with Crippen molar-refractivity contribution in [2.45, 2.75) is 13.3 Å². The summed E-state index contributed by atoms with van der Waals surface area (Å²) in [6.45, 7) is 6.08. The second-order valence-corrected chi connectivity index (χ2v) is 9.63. The van der Waals surface area contributed by atoms with E-state index in [4.69, 9.17) is 16.2 Å². The van der Waals surface area contributed by atoms with E-state index < -0.39 is 5.91 Å². The van der Waals surface area contributed by atoms with Gasteiger partial charge in [-0.15, -0.1) is 0 Å². The molecule has 200 valence electrons. The summed E-state index contributed by atoms with van der Waals surface area (Å²) >= 11 is 0. The van der Waals surface area contributed by atoms with E-state index in [1.54, 1.807) is 13.0 Å². The highest BCUT2D eigenvalue weighted by molar-refractivity contribution is 6.11. The molecule has 1 fully saturated rings. The number of primary amides is 1. The number of carbonyl (C=O) groups excluding carboxylic acids is 2. The Morgan fingerprint density at radius 1 is 0.897 bits per heavy atom. The smallest absolute Gasteiger partial charge is 0.254 e. The van der Waals surface area contributed by atoms with Gasteiger partial charge in [0, 0.05) is 50.1 Å². The van der Waals surface area contributed by atoms with Gasteiger partial charge in [-0.3, -0.25) is 14.5 Å². The van der Waals surface area contributed by atoms with Crippen LogP contribution < -0.4 is 5.73 Å². The number of phenolic OH excluding ortho intramolecular Hbond substituents is 1. The number of nitrogens with one attached hydrogen (secondary N) is 1. The van der Waals surface area contributed by atoms with E-state index in [0.717, 1.165) is 61.0 Å². The van der Waals surface area contributed by atoms with Crippen molar-refractivity contribution in [3.8, 4) is 5.75 Å². The van der Waals surface area contributed by atoms with E-state index in [-0.39, 0.29) is 11.7 Å².